The number of hydrogen-bond acceptors (Lipinski definition) is 3. The van der Waals surface area contributed by atoms with Gasteiger partial charge in [0.25, 0.3) is 0 Å². The van der Waals surface area contributed by atoms with Crippen LogP contribution in [0.15, 0.2) is 60.7 Å². The van der Waals surface area contributed by atoms with E-state index in [1.165, 1.54) is 0 Å². The van der Waals surface area contributed by atoms with Crippen molar-refractivity contribution < 1.29 is 13.2 Å². The van der Waals surface area contributed by atoms with Gasteiger partial charge in [0.05, 0.1) is 11.8 Å². The first-order valence-electron chi connectivity index (χ1n) is 9.29. The number of amides is 1. The minimum Gasteiger partial charge on any atom is -0.335 e. The first kappa shape index (κ1) is 18.2. The van der Waals surface area contributed by atoms with Crippen LogP contribution in [0.2, 0.25) is 0 Å². The molecule has 0 saturated carbocycles. The summed E-state index contributed by atoms with van der Waals surface area (Å²) in [6.45, 7) is 3.19. The summed E-state index contributed by atoms with van der Waals surface area (Å²) in [6, 6.07) is 19.2. The lowest BCUT2D eigenvalue weighted by molar-refractivity contribution is -0.130. The van der Waals surface area contributed by atoms with E-state index in [1.54, 1.807) is 11.2 Å². The molecule has 6 heteroatoms. The van der Waals surface area contributed by atoms with Crippen LogP contribution in [0, 0.1) is 11.8 Å². The maximum Gasteiger partial charge on any atom is 0.219 e. The van der Waals surface area contributed by atoms with Gasteiger partial charge in [0.2, 0.25) is 15.9 Å². The number of carbonyl (C=O) groups excluding carboxylic acids is 1. The minimum atomic E-state index is -3.37. The summed E-state index contributed by atoms with van der Waals surface area (Å²) in [5.74, 6) is 0.406. The average molecular weight is 385 g/mol. The monoisotopic (exact) mass is 384 g/mol. The molecular formula is C21H24N2O3S. The number of sulfonamides is 1. The van der Waals surface area contributed by atoms with Gasteiger partial charge in [0.1, 0.15) is 0 Å². The Bertz CT molecular complexity index is 915. The lowest BCUT2D eigenvalue weighted by Gasteiger charge is -2.29. The molecule has 142 valence electrons. The zero-order chi connectivity index (χ0) is 19.0. The molecule has 0 aromatic heterocycles. The summed E-state index contributed by atoms with van der Waals surface area (Å²) >= 11 is 0. The Morgan fingerprint density at radius 3 is 2.22 bits per heavy atom. The predicted molar refractivity (Wildman–Crippen MR) is 104 cm³/mol. The summed E-state index contributed by atoms with van der Waals surface area (Å²) in [5, 5.41) is 0. The van der Waals surface area contributed by atoms with Gasteiger partial charge in [-0.05, 0) is 17.0 Å². The number of hydrogen-bond donors (Lipinski definition) is 0. The van der Waals surface area contributed by atoms with Crippen molar-refractivity contribution in [1.29, 1.82) is 0 Å². The molecule has 0 N–H and O–H groups in total. The summed E-state index contributed by atoms with van der Waals surface area (Å²) in [6.07, 6.45) is 0. The molecule has 2 aromatic carbocycles. The van der Waals surface area contributed by atoms with E-state index in [2.05, 4.69) is 0 Å². The van der Waals surface area contributed by atoms with E-state index in [9.17, 15) is 13.2 Å². The van der Waals surface area contributed by atoms with Gasteiger partial charge < -0.3 is 4.90 Å². The van der Waals surface area contributed by atoms with Crippen LogP contribution in [-0.2, 0) is 20.6 Å². The Kier molecular flexibility index (Phi) is 4.78. The third kappa shape index (κ3) is 3.51. The molecule has 2 aliphatic heterocycles. The molecule has 2 aromatic rings. The molecule has 2 fully saturated rings. The van der Waals surface area contributed by atoms with Crippen molar-refractivity contribution in [3.8, 4) is 0 Å². The first-order chi connectivity index (χ1) is 13.0. The molecule has 2 aliphatic rings. The average Bonchev–Trinajstić information content (AvgIpc) is 3.21. The molecule has 4 rings (SSSR count). The van der Waals surface area contributed by atoms with E-state index in [0.29, 0.717) is 19.6 Å². The van der Waals surface area contributed by atoms with E-state index in [-0.39, 0.29) is 29.5 Å². The molecule has 0 radical (unpaired) electrons. The van der Waals surface area contributed by atoms with Crippen LogP contribution in [0.25, 0.3) is 0 Å². The molecule has 5 nitrogen and oxygen atoms in total. The van der Waals surface area contributed by atoms with Gasteiger partial charge in [0.15, 0.2) is 0 Å². The second-order valence-electron chi connectivity index (χ2n) is 7.51. The molecule has 0 aliphatic carbocycles. The number of carbonyl (C=O) groups is 1. The van der Waals surface area contributed by atoms with Crippen LogP contribution in [0.1, 0.15) is 24.1 Å². The fourth-order valence-electron chi connectivity index (χ4n) is 4.51. The van der Waals surface area contributed by atoms with Gasteiger partial charge in [-0.3, -0.25) is 4.79 Å². The normalized spacial score (nSPS) is 25.5. The van der Waals surface area contributed by atoms with Crippen molar-refractivity contribution in [2.75, 3.05) is 19.6 Å². The van der Waals surface area contributed by atoms with Crippen LogP contribution < -0.4 is 0 Å². The fourth-order valence-corrected chi connectivity index (χ4v) is 6.12. The van der Waals surface area contributed by atoms with Crippen LogP contribution in [0.4, 0.5) is 0 Å². The molecule has 2 saturated heterocycles. The van der Waals surface area contributed by atoms with Crippen molar-refractivity contribution in [2.24, 2.45) is 11.8 Å². The number of benzene rings is 2. The Balaban J connectivity index is 1.57. The Labute approximate surface area is 160 Å². The Hall–Kier alpha value is -2.18. The van der Waals surface area contributed by atoms with Crippen LogP contribution in [0.3, 0.4) is 0 Å². The van der Waals surface area contributed by atoms with Gasteiger partial charge in [0, 0.05) is 32.5 Å². The molecule has 3 atom stereocenters. The van der Waals surface area contributed by atoms with Crippen molar-refractivity contribution in [3.63, 3.8) is 0 Å². The van der Waals surface area contributed by atoms with Gasteiger partial charge in [-0.2, -0.15) is 0 Å². The van der Waals surface area contributed by atoms with Gasteiger partial charge in [-0.15, -0.1) is 0 Å². The zero-order valence-corrected chi connectivity index (χ0v) is 16.2. The predicted octanol–water partition coefficient (Wildman–Crippen LogP) is 2.67. The number of rotatable bonds is 4. The number of fused-ring (bicyclic) bond motifs is 1. The quantitative estimate of drug-likeness (QED) is 0.814. The summed E-state index contributed by atoms with van der Waals surface area (Å²) in [7, 11) is -3.37. The maximum atomic E-state index is 12.9. The lowest BCUT2D eigenvalue weighted by Crippen LogP contribution is -2.36. The maximum absolute atomic E-state index is 12.9. The van der Waals surface area contributed by atoms with Gasteiger partial charge in [-0.25, -0.2) is 12.7 Å². The van der Waals surface area contributed by atoms with E-state index in [4.69, 9.17) is 0 Å². The number of nitrogens with zero attached hydrogens (tertiary/aromatic N) is 2. The first-order valence-corrected chi connectivity index (χ1v) is 10.9. The van der Waals surface area contributed by atoms with Crippen molar-refractivity contribution in [2.45, 2.75) is 18.7 Å². The summed E-state index contributed by atoms with van der Waals surface area (Å²) in [5.41, 5.74) is 1.89. The van der Waals surface area contributed by atoms with Gasteiger partial charge >= 0.3 is 0 Å². The highest BCUT2D eigenvalue weighted by Gasteiger charge is 2.50. The molecule has 2 heterocycles. The van der Waals surface area contributed by atoms with Crippen molar-refractivity contribution >= 4 is 15.9 Å². The Morgan fingerprint density at radius 1 is 0.963 bits per heavy atom. The molecule has 0 spiro atoms. The number of likely N-dealkylation sites (tertiary alicyclic amines) is 1. The van der Waals surface area contributed by atoms with E-state index >= 15 is 0 Å². The van der Waals surface area contributed by atoms with Crippen LogP contribution in [-0.4, -0.2) is 43.2 Å². The van der Waals surface area contributed by atoms with E-state index < -0.39 is 10.0 Å². The zero-order valence-electron chi connectivity index (χ0n) is 15.4. The third-order valence-corrected chi connectivity index (χ3v) is 7.54. The highest BCUT2D eigenvalue weighted by atomic mass is 32.2. The van der Waals surface area contributed by atoms with Crippen molar-refractivity contribution in [3.05, 3.63) is 71.8 Å². The van der Waals surface area contributed by atoms with E-state index in [1.807, 2.05) is 65.6 Å². The van der Waals surface area contributed by atoms with E-state index in [0.717, 1.165) is 11.1 Å². The smallest absolute Gasteiger partial charge is 0.219 e. The van der Waals surface area contributed by atoms with Crippen molar-refractivity contribution in [1.82, 2.24) is 9.21 Å². The topological polar surface area (TPSA) is 57.7 Å². The molecule has 27 heavy (non-hydrogen) atoms. The molecular weight excluding hydrogens is 360 g/mol. The van der Waals surface area contributed by atoms with Gasteiger partial charge in [-0.1, -0.05) is 60.7 Å². The Morgan fingerprint density at radius 2 is 1.59 bits per heavy atom. The highest BCUT2D eigenvalue weighted by Crippen LogP contribution is 2.45. The summed E-state index contributed by atoms with van der Waals surface area (Å²) in [4.78, 5) is 14.1. The highest BCUT2D eigenvalue weighted by molar-refractivity contribution is 7.88. The lowest BCUT2D eigenvalue weighted by atomic mass is 9.89. The second kappa shape index (κ2) is 7.09. The molecule has 0 bridgehead atoms. The largest absolute Gasteiger partial charge is 0.335 e. The SMILES string of the molecule is CC(=O)N1C[C@H]2CN(S(=O)(=O)Cc3ccccc3)C[C@H]2[C@H]1c1ccccc1. The summed E-state index contributed by atoms with van der Waals surface area (Å²) < 4.78 is 27.5. The van der Waals surface area contributed by atoms with Crippen LogP contribution in [0.5, 0.6) is 0 Å². The standard InChI is InChI=1S/C21H24N2O3S/c1-16(24)23-13-19-12-22(27(25,26)15-17-8-4-2-5-9-17)14-20(19)21(23)18-10-6-3-7-11-18/h2-11,19-21H,12-15H2,1H3/t19-,20-,21-/m1/s1. The molecule has 1 amide bonds. The second-order valence-corrected chi connectivity index (χ2v) is 9.48. The fraction of sp³-hybridized carbons (Fsp3) is 0.381. The van der Waals surface area contributed by atoms with Crippen LogP contribution >= 0.6 is 0 Å². The third-order valence-electron chi connectivity index (χ3n) is 5.76. The minimum absolute atomic E-state index is 0.0275. The molecule has 0 unspecified atom stereocenters.